The van der Waals surface area contributed by atoms with E-state index in [9.17, 15) is 9.90 Å². The highest BCUT2D eigenvalue weighted by molar-refractivity contribution is 6.37. The third-order valence-corrected chi connectivity index (χ3v) is 3.74. The summed E-state index contributed by atoms with van der Waals surface area (Å²) in [5, 5.41) is 15.6. The van der Waals surface area contributed by atoms with Gasteiger partial charge in [0, 0.05) is 11.7 Å². The van der Waals surface area contributed by atoms with Crippen LogP contribution in [0.4, 0.5) is 5.69 Å². The van der Waals surface area contributed by atoms with Crippen molar-refractivity contribution in [3.8, 4) is 5.75 Å². The third kappa shape index (κ3) is 3.35. The second-order valence-corrected chi connectivity index (χ2v) is 5.40. The lowest BCUT2D eigenvalue weighted by Gasteiger charge is -2.18. The quantitative estimate of drug-likeness (QED) is 0.745. The molecular formula is C13H16Cl2N2O3. The van der Waals surface area contributed by atoms with Crippen LogP contribution in [0.3, 0.4) is 0 Å². The number of rotatable bonds is 4. The lowest BCUT2D eigenvalue weighted by atomic mass is 10.0. The lowest BCUT2D eigenvalue weighted by Crippen LogP contribution is -2.41. The summed E-state index contributed by atoms with van der Waals surface area (Å²) in [7, 11) is 0. The first-order chi connectivity index (χ1) is 9.52. The van der Waals surface area contributed by atoms with Crippen LogP contribution in [0, 0.1) is 5.92 Å². The number of nitrogens with one attached hydrogen (secondary N) is 2. The number of carbonyl (C=O) groups is 1. The predicted molar refractivity (Wildman–Crippen MR) is 78.5 cm³/mol. The largest absolute Gasteiger partial charge is 0.505 e. The van der Waals surface area contributed by atoms with Crippen LogP contribution in [0.25, 0.3) is 0 Å². The molecule has 1 aliphatic heterocycles. The van der Waals surface area contributed by atoms with Crippen molar-refractivity contribution < 1.29 is 14.6 Å². The summed E-state index contributed by atoms with van der Waals surface area (Å²) in [6.07, 6.45) is 0. The van der Waals surface area contributed by atoms with E-state index in [1.54, 1.807) is 0 Å². The summed E-state index contributed by atoms with van der Waals surface area (Å²) in [5.74, 6) is -0.617. The molecule has 20 heavy (non-hydrogen) atoms. The highest BCUT2D eigenvalue weighted by Crippen LogP contribution is 2.34. The monoisotopic (exact) mass is 318 g/mol. The number of phenols is 1. The van der Waals surface area contributed by atoms with Gasteiger partial charge in [-0.05, 0) is 18.7 Å². The zero-order valence-corrected chi connectivity index (χ0v) is 12.5. The van der Waals surface area contributed by atoms with Crippen LogP contribution in [0.2, 0.25) is 10.0 Å². The first-order valence-electron chi connectivity index (χ1n) is 6.33. The summed E-state index contributed by atoms with van der Waals surface area (Å²) < 4.78 is 5.33. The Bertz CT molecular complexity index is 487. The minimum Gasteiger partial charge on any atom is -0.505 e. The average Bonchev–Trinajstić information content (AvgIpc) is 2.84. The second kappa shape index (κ2) is 6.63. The molecule has 0 aromatic heterocycles. The molecule has 1 aromatic carbocycles. The summed E-state index contributed by atoms with van der Waals surface area (Å²) in [4.78, 5) is 12.2. The van der Waals surface area contributed by atoms with Crippen molar-refractivity contribution in [3.05, 3.63) is 22.2 Å². The number of ether oxygens (including phenoxy) is 1. The van der Waals surface area contributed by atoms with Gasteiger partial charge in [0.05, 0.1) is 29.2 Å². The molecule has 0 aliphatic carbocycles. The van der Waals surface area contributed by atoms with E-state index >= 15 is 0 Å². The maximum Gasteiger partial charge on any atom is 0.231 e. The van der Waals surface area contributed by atoms with E-state index in [1.807, 2.05) is 6.92 Å². The van der Waals surface area contributed by atoms with Crippen molar-refractivity contribution in [1.29, 1.82) is 0 Å². The Morgan fingerprint density at radius 2 is 2.05 bits per heavy atom. The molecule has 1 saturated heterocycles. The standard InChI is InChI=1S/C13H16Cl2N2O3/c1-2-16-11-6-20-5-8(11)13(19)17-7-3-9(14)12(18)10(15)4-7/h3-4,8,11,16,18H,2,5-6H2,1H3,(H,17,19). The average molecular weight is 319 g/mol. The number of hydrogen-bond donors (Lipinski definition) is 3. The number of amides is 1. The van der Waals surface area contributed by atoms with Gasteiger partial charge in [-0.15, -0.1) is 0 Å². The van der Waals surface area contributed by atoms with Gasteiger partial charge in [-0.25, -0.2) is 0 Å². The molecule has 1 aliphatic rings. The zero-order valence-electron chi connectivity index (χ0n) is 11.0. The number of carbonyl (C=O) groups excluding carboxylic acids is 1. The Labute approximate surface area is 127 Å². The van der Waals surface area contributed by atoms with Crippen LogP contribution in [-0.2, 0) is 9.53 Å². The molecule has 1 aromatic rings. The Hall–Kier alpha value is -1.01. The maximum atomic E-state index is 12.2. The van der Waals surface area contributed by atoms with Gasteiger partial charge in [-0.3, -0.25) is 4.79 Å². The summed E-state index contributed by atoms with van der Waals surface area (Å²) in [6, 6.07) is 2.92. The van der Waals surface area contributed by atoms with Crippen LogP contribution in [0.5, 0.6) is 5.75 Å². The molecule has 3 N–H and O–H groups in total. The van der Waals surface area contributed by atoms with Gasteiger partial charge in [-0.2, -0.15) is 0 Å². The normalized spacial score (nSPS) is 21.9. The molecule has 0 bridgehead atoms. The molecule has 1 heterocycles. The van der Waals surface area contributed by atoms with Crippen molar-refractivity contribution in [3.63, 3.8) is 0 Å². The van der Waals surface area contributed by atoms with Gasteiger partial charge < -0.3 is 20.5 Å². The molecule has 0 radical (unpaired) electrons. The Balaban J connectivity index is 2.08. The molecule has 2 atom stereocenters. The topological polar surface area (TPSA) is 70.6 Å². The molecule has 1 amide bonds. The maximum absolute atomic E-state index is 12.2. The lowest BCUT2D eigenvalue weighted by molar-refractivity contribution is -0.120. The van der Waals surface area contributed by atoms with Crippen LogP contribution >= 0.6 is 23.2 Å². The van der Waals surface area contributed by atoms with Crippen molar-refractivity contribution in [1.82, 2.24) is 5.32 Å². The molecule has 2 rings (SSSR count). The molecule has 1 fully saturated rings. The summed E-state index contributed by atoms with van der Waals surface area (Å²) in [6.45, 7) is 3.65. The molecule has 0 saturated carbocycles. The van der Waals surface area contributed by atoms with Gasteiger partial charge in [0.1, 0.15) is 0 Å². The minimum atomic E-state index is -0.263. The zero-order chi connectivity index (χ0) is 14.7. The molecule has 5 nitrogen and oxygen atoms in total. The number of likely N-dealkylation sites (N-methyl/N-ethyl adjacent to an activating group) is 1. The highest BCUT2D eigenvalue weighted by Gasteiger charge is 2.33. The number of benzene rings is 1. The number of phenolic OH excluding ortho intramolecular Hbond substituents is 1. The number of halogens is 2. The van der Waals surface area contributed by atoms with Crippen LogP contribution in [0.1, 0.15) is 6.92 Å². The van der Waals surface area contributed by atoms with Gasteiger partial charge in [0.15, 0.2) is 5.75 Å². The van der Waals surface area contributed by atoms with E-state index in [-0.39, 0.29) is 33.7 Å². The van der Waals surface area contributed by atoms with Crippen molar-refractivity contribution >= 4 is 34.8 Å². The SMILES string of the molecule is CCNC1COCC1C(=O)Nc1cc(Cl)c(O)c(Cl)c1. The van der Waals surface area contributed by atoms with Gasteiger partial charge >= 0.3 is 0 Å². The van der Waals surface area contributed by atoms with E-state index in [2.05, 4.69) is 10.6 Å². The molecule has 2 unspecified atom stereocenters. The predicted octanol–water partition coefficient (Wildman–Crippen LogP) is 2.26. The van der Waals surface area contributed by atoms with Gasteiger partial charge in [-0.1, -0.05) is 30.1 Å². The molecule has 0 spiro atoms. The summed E-state index contributed by atoms with van der Waals surface area (Å²) >= 11 is 11.6. The number of aromatic hydroxyl groups is 1. The van der Waals surface area contributed by atoms with Gasteiger partial charge in [0.2, 0.25) is 5.91 Å². The van der Waals surface area contributed by atoms with E-state index in [0.717, 1.165) is 6.54 Å². The van der Waals surface area contributed by atoms with E-state index < -0.39 is 0 Å². The third-order valence-electron chi connectivity index (χ3n) is 3.17. The van der Waals surface area contributed by atoms with Crippen molar-refractivity contribution in [2.45, 2.75) is 13.0 Å². The van der Waals surface area contributed by atoms with Crippen LogP contribution in [-0.4, -0.2) is 36.8 Å². The van der Waals surface area contributed by atoms with Crippen LogP contribution in [0.15, 0.2) is 12.1 Å². The fourth-order valence-electron chi connectivity index (χ4n) is 2.15. The van der Waals surface area contributed by atoms with E-state index in [1.165, 1.54) is 12.1 Å². The first-order valence-corrected chi connectivity index (χ1v) is 7.08. The van der Waals surface area contributed by atoms with E-state index in [0.29, 0.717) is 18.9 Å². The highest BCUT2D eigenvalue weighted by atomic mass is 35.5. The first kappa shape index (κ1) is 15.4. The Morgan fingerprint density at radius 1 is 1.40 bits per heavy atom. The van der Waals surface area contributed by atoms with Crippen LogP contribution < -0.4 is 10.6 Å². The molecule has 110 valence electrons. The van der Waals surface area contributed by atoms with Gasteiger partial charge in [0.25, 0.3) is 0 Å². The minimum absolute atomic E-state index is 0.00283. The summed E-state index contributed by atoms with van der Waals surface area (Å²) in [5.41, 5.74) is 0.449. The number of anilines is 1. The molecular weight excluding hydrogens is 303 g/mol. The Morgan fingerprint density at radius 3 is 2.65 bits per heavy atom. The number of hydrogen-bond acceptors (Lipinski definition) is 4. The fraction of sp³-hybridized carbons (Fsp3) is 0.462. The fourth-order valence-corrected chi connectivity index (χ4v) is 2.64. The van der Waals surface area contributed by atoms with Crippen molar-refractivity contribution in [2.24, 2.45) is 5.92 Å². The molecule has 7 heteroatoms. The smallest absolute Gasteiger partial charge is 0.231 e. The Kier molecular flexibility index (Phi) is 5.10. The van der Waals surface area contributed by atoms with Crippen molar-refractivity contribution in [2.75, 3.05) is 25.1 Å². The second-order valence-electron chi connectivity index (χ2n) is 4.59. The van der Waals surface area contributed by atoms with E-state index in [4.69, 9.17) is 27.9 Å².